The number of hydrogen-bond acceptors (Lipinski definition) is 4. The van der Waals surface area contributed by atoms with E-state index in [0.717, 1.165) is 32.1 Å². The van der Waals surface area contributed by atoms with E-state index in [2.05, 4.69) is 10.5 Å². The van der Waals surface area contributed by atoms with Crippen molar-refractivity contribution in [3.63, 3.8) is 0 Å². The Morgan fingerprint density at radius 2 is 2.10 bits per heavy atom. The Bertz CT molecular complexity index is 489. The summed E-state index contributed by atoms with van der Waals surface area (Å²) >= 11 is 0. The minimum atomic E-state index is -0.807. The number of carboxylic acids is 1. The monoisotopic (exact) mass is 280 g/mol. The number of rotatable bonds is 5. The highest BCUT2D eigenvalue weighted by molar-refractivity contribution is 5.92. The molecular weight excluding hydrogens is 260 g/mol. The smallest absolute Gasteiger partial charge is 0.303 e. The van der Waals surface area contributed by atoms with Gasteiger partial charge in [0.1, 0.15) is 5.76 Å². The van der Waals surface area contributed by atoms with Crippen LogP contribution in [0.25, 0.3) is 0 Å². The molecule has 1 heterocycles. The van der Waals surface area contributed by atoms with Crippen molar-refractivity contribution in [3.05, 3.63) is 17.5 Å². The van der Waals surface area contributed by atoms with Gasteiger partial charge in [0.25, 0.3) is 5.91 Å². The van der Waals surface area contributed by atoms with Gasteiger partial charge in [-0.2, -0.15) is 0 Å². The van der Waals surface area contributed by atoms with Crippen LogP contribution in [-0.2, 0) is 4.79 Å². The lowest BCUT2D eigenvalue weighted by Crippen LogP contribution is -2.40. The molecule has 6 heteroatoms. The van der Waals surface area contributed by atoms with Crippen LogP contribution in [0.15, 0.2) is 10.6 Å². The van der Waals surface area contributed by atoms with Crippen LogP contribution in [0.5, 0.6) is 0 Å². The van der Waals surface area contributed by atoms with E-state index >= 15 is 0 Å². The Kier molecular flexibility index (Phi) is 4.42. The molecule has 2 rings (SSSR count). The zero-order valence-electron chi connectivity index (χ0n) is 11.6. The molecule has 1 aromatic rings. The van der Waals surface area contributed by atoms with E-state index in [-0.39, 0.29) is 23.4 Å². The number of carbonyl (C=O) groups excluding carboxylic acids is 1. The Hall–Kier alpha value is -1.85. The largest absolute Gasteiger partial charge is 0.481 e. The third-order valence-corrected chi connectivity index (χ3v) is 3.92. The average molecular weight is 280 g/mol. The molecule has 2 N–H and O–H groups in total. The zero-order chi connectivity index (χ0) is 14.6. The van der Waals surface area contributed by atoms with E-state index in [1.165, 1.54) is 0 Å². The van der Waals surface area contributed by atoms with E-state index in [9.17, 15) is 9.59 Å². The van der Waals surface area contributed by atoms with Gasteiger partial charge in [0, 0.05) is 12.6 Å². The standard InChI is InChI=1S/C14H20N2O4/c1-10-7-11(16-20-10)13(19)15-9-14(8-12(17)18)5-3-2-4-6-14/h7H,2-6,8-9H2,1H3,(H,15,19)(H,17,18). The fourth-order valence-electron chi connectivity index (χ4n) is 2.87. The van der Waals surface area contributed by atoms with Gasteiger partial charge in [-0.15, -0.1) is 0 Å². The fraction of sp³-hybridized carbons (Fsp3) is 0.643. The number of aromatic nitrogens is 1. The fourth-order valence-corrected chi connectivity index (χ4v) is 2.87. The Morgan fingerprint density at radius 3 is 2.65 bits per heavy atom. The van der Waals surface area contributed by atoms with Gasteiger partial charge in [0.15, 0.2) is 5.69 Å². The molecule has 20 heavy (non-hydrogen) atoms. The Morgan fingerprint density at radius 1 is 1.40 bits per heavy atom. The van der Waals surface area contributed by atoms with Gasteiger partial charge < -0.3 is 14.9 Å². The second kappa shape index (κ2) is 6.07. The highest BCUT2D eigenvalue weighted by Gasteiger charge is 2.34. The van der Waals surface area contributed by atoms with Crippen molar-refractivity contribution in [1.82, 2.24) is 10.5 Å². The molecule has 0 bridgehead atoms. The molecule has 110 valence electrons. The first-order valence-corrected chi connectivity index (χ1v) is 6.94. The van der Waals surface area contributed by atoms with Gasteiger partial charge in [0.05, 0.1) is 6.42 Å². The summed E-state index contributed by atoms with van der Waals surface area (Å²) in [6.07, 6.45) is 4.97. The summed E-state index contributed by atoms with van der Waals surface area (Å²) in [6, 6.07) is 1.57. The van der Waals surface area contributed by atoms with Gasteiger partial charge in [-0.05, 0) is 25.2 Å². The summed E-state index contributed by atoms with van der Waals surface area (Å²) in [5.41, 5.74) is -0.0813. The predicted molar refractivity (Wildman–Crippen MR) is 71.3 cm³/mol. The number of nitrogens with one attached hydrogen (secondary N) is 1. The normalized spacial score (nSPS) is 17.6. The quantitative estimate of drug-likeness (QED) is 0.862. The lowest BCUT2D eigenvalue weighted by molar-refractivity contribution is -0.140. The number of nitrogens with zero attached hydrogens (tertiary/aromatic N) is 1. The maximum atomic E-state index is 11.9. The lowest BCUT2D eigenvalue weighted by atomic mass is 9.71. The van der Waals surface area contributed by atoms with Crippen molar-refractivity contribution in [1.29, 1.82) is 0 Å². The molecule has 1 saturated carbocycles. The van der Waals surface area contributed by atoms with Crippen molar-refractivity contribution in [3.8, 4) is 0 Å². The van der Waals surface area contributed by atoms with E-state index in [1.807, 2.05) is 0 Å². The number of hydrogen-bond donors (Lipinski definition) is 2. The van der Waals surface area contributed by atoms with Crippen LogP contribution in [0.4, 0.5) is 0 Å². The highest BCUT2D eigenvalue weighted by Crippen LogP contribution is 2.38. The van der Waals surface area contributed by atoms with Crippen molar-refractivity contribution in [2.75, 3.05) is 6.54 Å². The molecule has 1 amide bonds. The molecule has 0 aliphatic heterocycles. The third kappa shape index (κ3) is 3.59. The highest BCUT2D eigenvalue weighted by atomic mass is 16.5. The number of aryl methyl sites for hydroxylation is 1. The van der Waals surface area contributed by atoms with Gasteiger partial charge >= 0.3 is 5.97 Å². The number of amides is 1. The molecule has 0 atom stereocenters. The topological polar surface area (TPSA) is 92.4 Å². The van der Waals surface area contributed by atoms with Crippen LogP contribution >= 0.6 is 0 Å². The number of carbonyl (C=O) groups is 2. The van der Waals surface area contributed by atoms with Crippen molar-refractivity contribution in [2.45, 2.75) is 45.4 Å². The average Bonchev–Trinajstić information content (AvgIpc) is 2.83. The van der Waals surface area contributed by atoms with Crippen LogP contribution in [0.3, 0.4) is 0 Å². The van der Waals surface area contributed by atoms with Crippen LogP contribution in [0, 0.1) is 12.3 Å². The Balaban J connectivity index is 1.97. The second-order valence-electron chi connectivity index (χ2n) is 5.64. The molecule has 1 aliphatic rings. The van der Waals surface area contributed by atoms with Crippen molar-refractivity contribution >= 4 is 11.9 Å². The van der Waals surface area contributed by atoms with E-state index in [1.54, 1.807) is 13.0 Å². The minimum absolute atomic E-state index is 0.102. The Labute approximate surface area is 117 Å². The molecule has 6 nitrogen and oxygen atoms in total. The lowest BCUT2D eigenvalue weighted by Gasteiger charge is -2.36. The maximum absolute atomic E-state index is 11.9. The van der Waals surface area contributed by atoms with Crippen molar-refractivity contribution < 1.29 is 19.2 Å². The van der Waals surface area contributed by atoms with Crippen molar-refractivity contribution in [2.24, 2.45) is 5.41 Å². The predicted octanol–water partition coefficient (Wildman–Crippen LogP) is 2.14. The molecule has 1 aromatic heterocycles. The minimum Gasteiger partial charge on any atom is -0.481 e. The third-order valence-electron chi connectivity index (χ3n) is 3.92. The molecular formula is C14H20N2O4. The number of carboxylic acid groups (broad SMARTS) is 1. The summed E-state index contributed by atoms with van der Waals surface area (Å²) in [5.74, 6) is -0.538. The molecule has 0 spiro atoms. The molecule has 0 saturated heterocycles. The summed E-state index contributed by atoms with van der Waals surface area (Å²) < 4.78 is 4.86. The summed E-state index contributed by atoms with van der Waals surface area (Å²) in [6.45, 7) is 2.10. The molecule has 0 radical (unpaired) electrons. The van der Waals surface area contributed by atoms with Crippen LogP contribution < -0.4 is 5.32 Å². The number of aliphatic carboxylic acids is 1. The van der Waals surface area contributed by atoms with Crippen LogP contribution in [0.2, 0.25) is 0 Å². The second-order valence-corrected chi connectivity index (χ2v) is 5.64. The first kappa shape index (κ1) is 14.6. The van der Waals surface area contributed by atoms with Gasteiger partial charge in [0.2, 0.25) is 0 Å². The van der Waals surface area contributed by atoms with E-state index in [4.69, 9.17) is 9.63 Å². The van der Waals surface area contributed by atoms with E-state index in [0.29, 0.717) is 12.3 Å². The maximum Gasteiger partial charge on any atom is 0.303 e. The first-order chi connectivity index (χ1) is 9.51. The summed E-state index contributed by atoms with van der Waals surface area (Å²) in [7, 11) is 0. The molecule has 1 aliphatic carbocycles. The molecule has 1 fully saturated rings. The zero-order valence-corrected chi connectivity index (χ0v) is 11.6. The summed E-state index contributed by atoms with van der Waals surface area (Å²) in [4.78, 5) is 23.0. The van der Waals surface area contributed by atoms with Gasteiger partial charge in [-0.3, -0.25) is 9.59 Å². The summed E-state index contributed by atoms with van der Waals surface area (Å²) in [5, 5.41) is 15.5. The molecule has 0 unspecified atom stereocenters. The SMILES string of the molecule is Cc1cc(C(=O)NCC2(CC(=O)O)CCCCC2)no1. The van der Waals surface area contributed by atoms with Crippen LogP contribution in [0.1, 0.15) is 54.8 Å². The van der Waals surface area contributed by atoms with E-state index < -0.39 is 5.97 Å². The van der Waals surface area contributed by atoms with Gasteiger partial charge in [-0.25, -0.2) is 0 Å². The molecule has 0 aromatic carbocycles. The first-order valence-electron chi connectivity index (χ1n) is 6.94. The van der Waals surface area contributed by atoms with Crippen LogP contribution in [-0.4, -0.2) is 28.7 Å². The van der Waals surface area contributed by atoms with Gasteiger partial charge in [-0.1, -0.05) is 24.4 Å².